The summed E-state index contributed by atoms with van der Waals surface area (Å²) >= 11 is 0. The van der Waals surface area contributed by atoms with Crippen molar-refractivity contribution in [2.75, 3.05) is 10.8 Å². The minimum Gasteiger partial charge on any atom is -0.366 e. The molecule has 2 N–H and O–H groups in total. The molecule has 1 aliphatic rings. The predicted octanol–water partition coefficient (Wildman–Crippen LogP) is 2.09. The molecule has 1 aromatic heterocycles. The molecule has 0 aliphatic carbocycles. The van der Waals surface area contributed by atoms with Crippen molar-refractivity contribution < 1.29 is 13.2 Å². The zero-order valence-corrected chi connectivity index (χ0v) is 14.0. The molecule has 1 aliphatic heterocycles. The lowest BCUT2D eigenvalue weighted by Gasteiger charge is -2.20. The van der Waals surface area contributed by atoms with Gasteiger partial charge in [-0.1, -0.05) is 24.3 Å². The Hall–Kier alpha value is -2.93. The van der Waals surface area contributed by atoms with Gasteiger partial charge in [-0.05, 0) is 36.2 Å². The molecule has 25 heavy (non-hydrogen) atoms. The van der Waals surface area contributed by atoms with Gasteiger partial charge in [-0.3, -0.25) is 14.1 Å². The Bertz CT molecular complexity index is 1100. The number of hydrogen-bond acceptors (Lipinski definition) is 4. The minimum absolute atomic E-state index is 0.155. The van der Waals surface area contributed by atoms with Crippen molar-refractivity contribution in [3.8, 4) is 0 Å². The zero-order chi connectivity index (χ0) is 17.6. The van der Waals surface area contributed by atoms with Crippen LogP contribution >= 0.6 is 0 Å². The SMILES string of the molecule is NC(=O)c1ccc2c(c1)N(S(=O)(=O)c1cccc3cccnc13)CC2. The fourth-order valence-electron chi connectivity index (χ4n) is 3.16. The fraction of sp³-hybridized carbons (Fsp3) is 0.111. The van der Waals surface area contributed by atoms with E-state index in [0.29, 0.717) is 24.2 Å². The van der Waals surface area contributed by atoms with Crippen LogP contribution in [-0.4, -0.2) is 25.9 Å². The number of fused-ring (bicyclic) bond motifs is 2. The first-order valence-electron chi connectivity index (χ1n) is 7.78. The van der Waals surface area contributed by atoms with Crippen LogP contribution in [-0.2, 0) is 16.4 Å². The Balaban J connectivity index is 1.88. The van der Waals surface area contributed by atoms with Crippen molar-refractivity contribution in [3.63, 3.8) is 0 Å². The Morgan fingerprint density at radius 2 is 1.92 bits per heavy atom. The van der Waals surface area contributed by atoms with E-state index in [1.807, 2.05) is 12.1 Å². The van der Waals surface area contributed by atoms with Crippen LogP contribution in [0.3, 0.4) is 0 Å². The van der Waals surface area contributed by atoms with Gasteiger partial charge < -0.3 is 5.73 Å². The van der Waals surface area contributed by atoms with Crippen molar-refractivity contribution in [1.82, 2.24) is 4.98 Å². The number of hydrogen-bond donors (Lipinski definition) is 1. The van der Waals surface area contributed by atoms with E-state index in [-0.39, 0.29) is 10.5 Å². The smallest absolute Gasteiger partial charge is 0.266 e. The first kappa shape index (κ1) is 15.6. The topological polar surface area (TPSA) is 93.4 Å². The van der Waals surface area contributed by atoms with Crippen LogP contribution in [0.15, 0.2) is 59.6 Å². The molecule has 0 saturated heterocycles. The lowest BCUT2D eigenvalue weighted by molar-refractivity contribution is 0.100. The first-order chi connectivity index (χ1) is 12.0. The summed E-state index contributed by atoms with van der Waals surface area (Å²) in [6.45, 7) is 0.323. The highest BCUT2D eigenvalue weighted by Gasteiger charge is 2.32. The summed E-state index contributed by atoms with van der Waals surface area (Å²) < 4.78 is 27.9. The molecular weight excluding hydrogens is 338 g/mol. The van der Waals surface area contributed by atoms with Crippen molar-refractivity contribution in [1.29, 1.82) is 0 Å². The van der Waals surface area contributed by atoms with Crippen molar-refractivity contribution in [2.24, 2.45) is 5.73 Å². The number of nitrogens with two attached hydrogens (primary N) is 1. The Kier molecular flexibility index (Phi) is 3.47. The quantitative estimate of drug-likeness (QED) is 0.780. The number of nitrogens with zero attached hydrogens (tertiary/aromatic N) is 2. The molecule has 7 heteroatoms. The average molecular weight is 353 g/mol. The highest BCUT2D eigenvalue weighted by atomic mass is 32.2. The molecule has 2 heterocycles. The van der Waals surface area contributed by atoms with E-state index in [9.17, 15) is 13.2 Å². The third kappa shape index (κ3) is 2.44. The number of carbonyl (C=O) groups is 1. The van der Waals surface area contributed by atoms with Gasteiger partial charge in [-0.25, -0.2) is 8.42 Å². The van der Waals surface area contributed by atoms with Gasteiger partial charge in [-0.15, -0.1) is 0 Å². The minimum atomic E-state index is -3.80. The van der Waals surface area contributed by atoms with Crippen LogP contribution in [0, 0.1) is 0 Å². The second kappa shape index (κ2) is 5.56. The molecule has 126 valence electrons. The molecule has 1 amide bonds. The number of primary amides is 1. The van der Waals surface area contributed by atoms with Crippen molar-refractivity contribution >= 4 is 32.5 Å². The molecule has 2 aromatic carbocycles. The van der Waals surface area contributed by atoms with Gasteiger partial charge in [0.25, 0.3) is 10.0 Å². The lowest BCUT2D eigenvalue weighted by atomic mass is 10.1. The number of carbonyl (C=O) groups excluding carboxylic acids is 1. The van der Waals surface area contributed by atoms with Gasteiger partial charge in [0.2, 0.25) is 5.91 Å². The van der Waals surface area contributed by atoms with Crippen LogP contribution in [0.4, 0.5) is 5.69 Å². The van der Waals surface area contributed by atoms with Crippen molar-refractivity contribution in [3.05, 3.63) is 65.9 Å². The van der Waals surface area contributed by atoms with Crippen LogP contribution in [0.1, 0.15) is 15.9 Å². The standard InChI is InChI=1S/C18H15N3O3S/c19-18(22)14-7-6-12-8-10-21(15(12)11-14)25(23,24)16-5-1-3-13-4-2-9-20-17(13)16/h1-7,9,11H,8,10H2,(H2,19,22). The second-order valence-corrected chi connectivity index (χ2v) is 7.70. The monoisotopic (exact) mass is 353 g/mol. The molecule has 0 fully saturated rings. The number of pyridine rings is 1. The number of sulfonamides is 1. The fourth-order valence-corrected chi connectivity index (χ4v) is 4.82. The maximum absolute atomic E-state index is 13.3. The van der Waals surface area contributed by atoms with Gasteiger partial charge in [0.15, 0.2) is 0 Å². The average Bonchev–Trinajstić information content (AvgIpc) is 3.05. The largest absolute Gasteiger partial charge is 0.366 e. The third-order valence-corrected chi connectivity index (χ3v) is 6.23. The Labute approximate surface area is 145 Å². The number of para-hydroxylation sites is 1. The summed E-state index contributed by atoms with van der Waals surface area (Å²) in [4.78, 5) is 15.8. The molecular formula is C18H15N3O3S. The Morgan fingerprint density at radius 1 is 1.12 bits per heavy atom. The van der Waals surface area contributed by atoms with E-state index >= 15 is 0 Å². The first-order valence-corrected chi connectivity index (χ1v) is 9.22. The highest BCUT2D eigenvalue weighted by Crippen LogP contribution is 2.35. The lowest BCUT2D eigenvalue weighted by Crippen LogP contribution is -2.29. The van der Waals surface area contributed by atoms with E-state index in [1.165, 1.54) is 4.31 Å². The molecule has 3 aromatic rings. The molecule has 0 bridgehead atoms. The number of anilines is 1. The van der Waals surface area contributed by atoms with Gasteiger partial charge in [-0.2, -0.15) is 0 Å². The molecule has 6 nitrogen and oxygen atoms in total. The molecule has 0 radical (unpaired) electrons. The number of aromatic nitrogens is 1. The maximum Gasteiger partial charge on any atom is 0.266 e. The van der Waals surface area contributed by atoms with E-state index < -0.39 is 15.9 Å². The third-order valence-electron chi connectivity index (χ3n) is 4.39. The zero-order valence-electron chi connectivity index (χ0n) is 13.2. The summed E-state index contributed by atoms with van der Waals surface area (Å²) in [5, 5.41) is 0.758. The second-order valence-electron chi connectivity index (χ2n) is 5.87. The predicted molar refractivity (Wildman–Crippen MR) is 94.9 cm³/mol. The van der Waals surface area contributed by atoms with E-state index in [0.717, 1.165) is 10.9 Å². The van der Waals surface area contributed by atoms with E-state index in [1.54, 1.807) is 42.6 Å². The Morgan fingerprint density at radius 3 is 2.72 bits per heavy atom. The molecule has 0 unspecified atom stereocenters. The summed E-state index contributed by atoms with van der Waals surface area (Å²) in [5.74, 6) is -0.584. The number of amides is 1. The van der Waals surface area contributed by atoms with Crippen molar-refractivity contribution in [2.45, 2.75) is 11.3 Å². The summed E-state index contributed by atoms with van der Waals surface area (Å²) in [5.41, 5.74) is 7.44. The van der Waals surface area contributed by atoms with E-state index in [4.69, 9.17) is 5.73 Å². The summed E-state index contributed by atoms with van der Waals surface area (Å²) in [6, 6.07) is 13.6. The van der Waals surface area contributed by atoms with Crippen LogP contribution in [0.5, 0.6) is 0 Å². The normalized spacial score (nSPS) is 13.8. The van der Waals surface area contributed by atoms with Crippen LogP contribution in [0.2, 0.25) is 0 Å². The van der Waals surface area contributed by atoms with Gasteiger partial charge >= 0.3 is 0 Å². The molecule has 0 saturated carbocycles. The van der Waals surface area contributed by atoms with Gasteiger partial charge in [0.1, 0.15) is 4.90 Å². The van der Waals surface area contributed by atoms with Gasteiger partial charge in [0.05, 0.1) is 11.2 Å². The van der Waals surface area contributed by atoms with Crippen LogP contribution in [0.25, 0.3) is 10.9 Å². The number of rotatable bonds is 3. The van der Waals surface area contributed by atoms with Crippen LogP contribution < -0.4 is 10.0 Å². The molecule has 0 spiro atoms. The van der Waals surface area contributed by atoms with E-state index in [2.05, 4.69) is 4.98 Å². The maximum atomic E-state index is 13.3. The molecule has 0 atom stereocenters. The highest BCUT2D eigenvalue weighted by molar-refractivity contribution is 7.93. The number of benzene rings is 2. The summed E-state index contributed by atoms with van der Waals surface area (Å²) in [6.07, 6.45) is 2.16. The molecule has 4 rings (SSSR count). The summed E-state index contributed by atoms with van der Waals surface area (Å²) in [7, 11) is -3.80. The van der Waals surface area contributed by atoms with Gasteiger partial charge in [0, 0.05) is 23.7 Å².